The van der Waals surface area contributed by atoms with Crippen molar-refractivity contribution in [3.63, 3.8) is 0 Å². The van der Waals surface area contributed by atoms with Gasteiger partial charge in [0.05, 0.1) is 18.5 Å². The van der Waals surface area contributed by atoms with Crippen molar-refractivity contribution in [3.05, 3.63) is 85.0 Å². The van der Waals surface area contributed by atoms with Crippen LogP contribution in [0.2, 0.25) is 0 Å². The maximum atomic E-state index is 13.3. The largest absolute Gasteiger partial charge is 0.494 e. The predicted octanol–water partition coefficient (Wildman–Crippen LogP) is 4.78. The van der Waals surface area contributed by atoms with Crippen LogP contribution in [0, 0.1) is 12.7 Å². The van der Waals surface area contributed by atoms with Gasteiger partial charge in [0.15, 0.2) is 5.65 Å². The van der Waals surface area contributed by atoms with Gasteiger partial charge in [0.25, 0.3) is 0 Å². The van der Waals surface area contributed by atoms with Crippen LogP contribution >= 0.6 is 0 Å². The van der Waals surface area contributed by atoms with Crippen LogP contribution in [0.25, 0.3) is 22.6 Å². The molecule has 0 aliphatic heterocycles. The van der Waals surface area contributed by atoms with E-state index in [2.05, 4.69) is 15.4 Å². The number of fused-ring (bicyclic) bond motifs is 1. The highest BCUT2D eigenvalue weighted by Gasteiger charge is 2.12. The lowest BCUT2D eigenvalue weighted by Gasteiger charge is -2.13. The fourth-order valence-corrected chi connectivity index (χ4v) is 3.49. The van der Waals surface area contributed by atoms with Crippen molar-refractivity contribution < 1.29 is 9.13 Å². The van der Waals surface area contributed by atoms with Gasteiger partial charge in [0.1, 0.15) is 29.4 Å². The molecule has 5 rings (SSSR count). The molecule has 5 aromatic rings. The number of aryl methyl sites for hydroxylation is 1. The summed E-state index contributed by atoms with van der Waals surface area (Å²) in [6.07, 6.45) is 5.36. The van der Waals surface area contributed by atoms with Crippen molar-refractivity contribution in [2.75, 3.05) is 12.4 Å². The Labute approximate surface area is 177 Å². The standard InChI is InChI=1S/C23H19FN6O/c1-15-25-14-26-30(15)21-10-9-18(12-22(21)31-2)27-19-4-3-11-29-13-20(28-23(19)29)16-5-7-17(24)8-6-16/h3-14,27H,1-2H3. The molecular formula is C23H19FN6O. The van der Waals surface area contributed by atoms with Gasteiger partial charge in [0.2, 0.25) is 0 Å². The summed E-state index contributed by atoms with van der Waals surface area (Å²) in [6, 6.07) is 16.0. The van der Waals surface area contributed by atoms with Gasteiger partial charge < -0.3 is 14.5 Å². The molecule has 1 N–H and O–H groups in total. The van der Waals surface area contributed by atoms with E-state index in [4.69, 9.17) is 9.72 Å². The highest BCUT2D eigenvalue weighted by molar-refractivity contribution is 5.77. The van der Waals surface area contributed by atoms with Crippen molar-refractivity contribution in [1.82, 2.24) is 24.1 Å². The fraction of sp³-hybridized carbons (Fsp3) is 0.0870. The number of benzene rings is 2. The van der Waals surface area contributed by atoms with Crippen molar-refractivity contribution in [2.45, 2.75) is 6.92 Å². The highest BCUT2D eigenvalue weighted by Crippen LogP contribution is 2.30. The van der Waals surface area contributed by atoms with Crippen LogP contribution in [-0.2, 0) is 0 Å². The van der Waals surface area contributed by atoms with Crippen LogP contribution < -0.4 is 10.1 Å². The maximum Gasteiger partial charge on any atom is 0.161 e. The minimum atomic E-state index is -0.270. The minimum absolute atomic E-state index is 0.270. The van der Waals surface area contributed by atoms with Crippen LogP contribution in [0.15, 0.2) is 73.3 Å². The molecule has 3 aromatic heterocycles. The van der Waals surface area contributed by atoms with E-state index in [1.807, 2.05) is 54.0 Å². The van der Waals surface area contributed by atoms with E-state index >= 15 is 0 Å². The monoisotopic (exact) mass is 414 g/mol. The molecule has 7 nitrogen and oxygen atoms in total. The minimum Gasteiger partial charge on any atom is -0.494 e. The quantitative estimate of drug-likeness (QED) is 0.448. The predicted molar refractivity (Wildman–Crippen MR) is 117 cm³/mol. The van der Waals surface area contributed by atoms with Gasteiger partial charge in [-0.05, 0) is 55.5 Å². The number of hydrogen-bond donors (Lipinski definition) is 1. The van der Waals surface area contributed by atoms with E-state index in [0.29, 0.717) is 5.75 Å². The number of halogens is 1. The Balaban J connectivity index is 1.50. The molecule has 0 radical (unpaired) electrons. The zero-order chi connectivity index (χ0) is 21.4. The van der Waals surface area contributed by atoms with E-state index in [0.717, 1.165) is 39.8 Å². The third-order valence-corrected chi connectivity index (χ3v) is 5.03. The van der Waals surface area contributed by atoms with E-state index in [9.17, 15) is 4.39 Å². The maximum absolute atomic E-state index is 13.3. The Morgan fingerprint density at radius 2 is 1.90 bits per heavy atom. The average Bonchev–Trinajstić information content (AvgIpc) is 3.41. The van der Waals surface area contributed by atoms with E-state index in [1.165, 1.54) is 18.5 Å². The first-order valence-electron chi connectivity index (χ1n) is 9.68. The van der Waals surface area contributed by atoms with Crippen molar-refractivity contribution in [2.24, 2.45) is 0 Å². The molecule has 0 aliphatic rings. The molecule has 31 heavy (non-hydrogen) atoms. The fourth-order valence-electron chi connectivity index (χ4n) is 3.49. The first-order valence-corrected chi connectivity index (χ1v) is 9.68. The normalized spacial score (nSPS) is 11.1. The van der Waals surface area contributed by atoms with Gasteiger partial charge in [-0.3, -0.25) is 0 Å². The van der Waals surface area contributed by atoms with Crippen molar-refractivity contribution in [1.29, 1.82) is 0 Å². The Morgan fingerprint density at radius 3 is 2.65 bits per heavy atom. The number of rotatable bonds is 5. The summed E-state index contributed by atoms with van der Waals surface area (Å²) in [5.41, 5.74) is 4.87. The lowest BCUT2D eigenvalue weighted by Crippen LogP contribution is -2.03. The topological polar surface area (TPSA) is 69.3 Å². The van der Waals surface area contributed by atoms with Gasteiger partial charge >= 0.3 is 0 Å². The molecule has 8 heteroatoms. The molecule has 0 spiro atoms. The summed E-state index contributed by atoms with van der Waals surface area (Å²) < 4.78 is 22.5. The number of methoxy groups -OCH3 is 1. The number of ether oxygens (including phenoxy) is 1. The van der Waals surface area contributed by atoms with Crippen molar-refractivity contribution >= 4 is 17.0 Å². The van der Waals surface area contributed by atoms with E-state index < -0.39 is 0 Å². The Bertz CT molecular complexity index is 1370. The summed E-state index contributed by atoms with van der Waals surface area (Å²) in [7, 11) is 1.62. The molecule has 0 unspecified atom stereocenters. The van der Waals surface area contributed by atoms with Gasteiger partial charge in [-0.2, -0.15) is 5.10 Å². The van der Waals surface area contributed by atoms with E-state index in [1.54, 1.807) is 23.9 Å². The third kappa shape index (κ3) is 3.48. The molecule has 0 atom stereocenters. The summed E-state index contributed by atoms with van der Waals surface area (Å²) in [5, 5.41) is 7.67. The van der Waals surface area contributed by atoms with Gasteiger partial charge in [-0.25, -0.2) is 19.0 Å². The molecule has 0 aliphatic carbocycles. The number of nitrogens with one attached hydrogen (secondary N) is 1. The van der Waals surface area contributed by atoms with Crippen molar-refractivity contribution in [3.8, 4) is 22.7 Å². The number of pyridine rings is 1. The SMILES string of the molecule is COc1cc(Nc2cccn3cc(-c4ccc(F)cc4)nc23)ccc1-n1ncnc1C. The zero-order valence-electron chi connectivity index (χ0n) is 17.0. The van der Waals surface area contributed by atoms with Crippen LogP contribution in [0.4, 0.5) is 15.8 Å². The molecule has 0 saturated heterocycles. The molecular weight excluding hydrogens is 395 g/mol. The number of hydrogen-bond acceptors (Lipinski definition) is 5. The second-order valence-corrected chi connectivity index (χ2v) is 7.02. The lowest BCUT2D eigenvalue weighted by molar-refractivity contribution is 0.411. The summed E-state index contributed by atoms with van der Waals surface area (Å²) in [4.78, 5) is 8.92. The smallest absolute Gasteiger partial charge is 0.161 e. The zero-order valence-corrected chi connectivity index (χ0v) is 17.0. The number of nitrogens with zero attached hydrogens (tertiary/aromatic N) is 5. The molecule has 0 saturated carbocycles. The van der Waals surface area contributed by atoms with Gasteiger partial charge in [-0.15, -0.1) is 0 Å². The molecule has 154 valence electrons. The first kappa shape index (κ1) is 18.8. The number of imidazole rings is 1. The molecule has 0 amide bonds. The lowest BCUT2D eigenvalue weighted by atomic mass is 10.2. The summed E-state index contributed by atoms with van der Waals surface area (Å²) in [6.45, 7) is 1.89. The molecule has 2 aromatic carbocycles. The summed E-state index contributed by atoms with van der Waals surface area (Å²) in [5.74, 6) is 1.17. The van der Waals surface area contributed by atoms with Crippen LogP contribution in [0.1, 0.15) is 5.82 Å². The molecule has 3 heterocycles. The first-order chi connectivity index (χ1) is 15.1. The van der Waals surface area contributed by atoms with Gasteiger partial charge in [0, 0.05) is 29.7 Å². The average molecular weight is 414 g/mol. The molecule has 0 bridgehead atoms. The molecule has 0 fully saturated rings. The van der Waals surface area contributed by atoms with Gasteiger partial charge in [-0.1, -0.05) is 0 Å². The Morgan fingerprint density at radius 1 is 1.06 bits per heavy atom. The third-order valence-electron chi connectivity index (χ3n) is 5.03. The van der Waals surface area contributed by atoms with Crippen LogP contribution in [0.3, 0.4) is 0 Å². The Hall–Kier alpha value is -4.20. The van der Waals surface area contributed by atoms with Crippen LogP contribution in [0.5, 0.6) is 5.75 Å². The highest BCUT2D eigenvalue weighted by atomic mass is 19.1. The second kappa shape index (κ2) is 7.56. The Kier molecular flexibility index (Phi) is 4.59. The number of aromatic nitrogens is 5. The van der Waals surface area contributed by atoms with Crippen LogP contribution in [-0.4, -0.2) is 31.3 Å². The summed E-state index contributed by atoms with van der Waals surface area (Å²) >= 11 is 0. The van der Waals surface area contributed by atoms with E-state index in [-0.39, 0.29) is 5.82 Å². The number of anilines is 2. The second-order valence-electron chi connectivity index (χ2n) is 7.02.